The van der Waals surface area contributed by atoms with E-state index in [1.54, 1.807) is 91.0 Å². The van der Waals surface area contributed by atoms with Gasteiger partial charge in [0.15, 0.2) is 34.9 Å². The Labute approximate surface area is 437 Å². The summed E-state index contributed by atoms with van der Waals surface area (Å²) < 4.78 is 94.8. The Bertz CT molecular complexity index is 4200. The van der Waals surface area contributed by atoms with Crippen LogP contribution >= 0.6 is 0 Å². The molecule has 2 N–H and O–H groups in total. The van der Waals surface area contributed by atoms with Crippen LogP contribution in [0.1, 0.15) is 46.7 Å². The van der Waals surface area contributed by atoms with E-state index < -0.39 is 23.5 Å². The van der Waals surface area contributed by atoms with Gasteiger partial charge in [0, 0.05) is 49.7 Å². The quantitative estimate of drug-likeness (QED) is 0.0826. The van der Waals surface area contributed by atoms with Crippen molar-refractivity contribution < 1.29 is 26.3 Å². The van der Waals surface area contributed by atoms with Crippen molar-refractivity contribution in [1.82, 2.24) is 34.5 Å². The summed E-state index contributed by atoms with van der Waals surface area (Å²) in [5, 5.41) is 1.21. The molecule has 3 aromatic heterocycles. The highest BCUT2D eigenvalue weighted by molar-refractivity contribution is 6.15. The summed E-state index contributed by atoms with van der Waals surface area (Å²) in [6.07, 6.45) is 2.69. The Morgan fingerprint density at radius 1 is 0.494 bits per heavy atom. The van der Waals surface area contributed by atoms with Crippen molar-refractivity contribution in [2.24, 2.45) is 0 Å². The molecule has 374 valence electrons. The van der Waals surface area contributed by atoms with Gasteiger partial charge in [-0.25, -0.2) is 29.9 Å². The van der Waals surface area contributed by atoms with Gasteiger partial charge in [0.2, 0.25) is 0 Å². The van der Waals surface area contributed by atoms with E-state index >= 15 is 26.3 Å². The highest BCUT2D eigenvalue weighted by Gasteiger charge is 2.37. The Hall–Kier alpha value is -9.74. The smallest absolute Gasteiger partial charge is 0.397 e. The average Bonchev–Trinajstić information content (AvgIpc) is 3.91. The number of nitrogens with zero attached hydrogens (tertiary/aromatic N) is 7. The summed E-state index contributed by atoms with van der Waals surface area (Å²) in [6.45, 7) is 0. The molecular weight excluding hydrogens is 983 g/mol. The third kappa shape index (κ3) is 9.33. The van der Waals surface area contributed by atoms with E-state index in [1.807, 2.05) is 72.8 Å². The molecule has 0 amide bonds. The number of alkyl halides is 6. The predicted octanol–water partition coefficient (Wildman–Crippen LogP) is 15.7. The SMILES string of the molecule is Nc1c(-c2ccccc2Cc2ccc(-c3nc(C4=CCCC=C4)nc(-c4ccccc4)n3)cc2C(F)(F)F)ccc2c3ccccc3n(-c3ccc(-c4nc(C5=CC=C=C=C5)nc(-c5ccccc5)n4)cc3C(F)(F)F)c12. The maximum absolute atomic E-state index is 15.8. The molecule has 0 unspecified atom stereocenters. The average molecular weight is 1020 g/mol. The fourth-order valence-electron chi connectivity index (χ4n) is 9.91. The first-order valence-corrected chi connectivity index (χ1v) is 24.6. The molecule has 0 saturated carbocycles. The van der Waals surface area contributed by atoms with E-state index in [2.05, 4.69) is 36.4 Å². The second kappa shape index (κ2) is 19.5. The van der Waals surface area contributed by atoms with Crippen LogP contribution in [0.4, 0.5) is 32.0 Å². The van der Waals surface area contributed by atoms with Gasteiger partial charge in [0.05, 0.1) is 33.5 Å². The van der Waals surface area contributed by atoms with Gasteiger partial charge in [-0.3, -0.25) is 0 Å². The zero-order chi connectivity index (χ0) is 52.8. The minimum absolute atomic E-state index is 0.0184. The van der Waals surface area contributed by atoms with Crippen LogP contribution < -0.4 is 5.73 Å². The summed E-state index contributed by atoms with van der Waals surface area (Å²) in [5.41, 5.74) is 16.0. The van der Waals surface area contributed by atoms with Crippen molar-refractivity contribution in [2.75, 3.05) is 5.73 Å². The first-order valence-electron chi connectivity index (χ1n) is 24.6. The number of rotatable bonds is 10. The van der Waals surface area contributed by atoms with Crippen molar-refractivity contribution >= 4 is 38.6 Å². The molecule has 2 aliphatic rings. The van der Waals surface area contributed by atoms with Crippen LogP contribution in [-0.2, 0) is 18.8 Å². The van der Waals surface area contributed by atoms with Gasteiger partial charge >= 0.3 is 12.4 Å². The first kappa shape index (κ1) is 48.2. The molecule has 0 fully saturated rings. The second-order valence-corrected chi connectivity index (χ2v) is 18.4. The molecule has 8 nitrogen and oxygen atoms in total. The third-order valence-electron chi connectivity index (χ3n) is 13.5. The van der Waals surface area contributed by atoms with Gasteiger partial charge in [-0.2, -0.15) is 26.3 Å². The molecule has 2 aliphatic carbocycles. The van der Waals surface area contributed by atoms with Crippen LogP contribution in [0.2, 0.25) is 0 Å². The lowest BCUT2D eigenvalue weighted by molar-refractivity contribution is -0.138. The number of nitrogen functional groups attached to an aromatic ring is 1. The molecular formula is C63H40F6N8. The maximum Gasteiger partial charge on any atom is 0.418 e. The summed E-state index contributed by atoms with van der Waals surface area (Å²) in [4.78, 5) is 28.1. The van der Waals surface area contributed by atoms with Crippen molar-refractivity contribution in [3.8, 4) is 62.4 Å². The maximum atomic E-state index is 15.8. The fourth-order valence-corrected chi connectivity index (χ4v) is 9.91. The fraction of sp³-hybridized carbons (Fsp3) is 0.0794. The third-order valence-corrected chi connectivity index (χ3v) is 13.5. The van der Waals surface area contributed by atoms with Gasteiger partial charge in [-0.15, -0.1) is 0 Å². The van der Waals surface area contributed by atoms with Crippen LogP contribution in [0, 0.1) is 0 Å². The Balaban J connectivity index is 0.966. The van der Waals surface area contributed by atoms with Crippen LogP contribution in [0.3, 0.4) is 0 Å². The molecule has 77 heavy (non-hydrogen) atoms. The van der Waals surface area contributed by atoms with E-state index in [-0.39, 0.29) is 63.3 Å². The van der Waals surface area contributed by atoms with Crippen LogP contribution in [0.25, 0.3) is 95.3 Å². The lowest BCUT2D eigenvalue weighted by Gasteiger charge is -2.19. The zero-order valence-corrected chi connectivity index (χ0v) is 40.6. The summed E-state index contributed by atoms with van der Waals surface area (Å²) in [5.74, 6) is 1.29. The standard InChI is InChI=1S/C63H40F6N8/c64-62(65,66)50-36-44(60-73-56(38-17-5-1-6-18-38)71-57(74-60)39-19-7-2-8-20-39)30-29-43(50)35-42-25-13-14-26-46(42)48-32-33-49-47-27-15-16-28-52(47)77(55(49)54(48)70)53-34-31-45(37-51(53)63(67,68)69)61-75-58(40-21-9-3-10-22-40)72-59(76-61)41-23-11-4-12-24-41/h1,3,5-7,9-11,13-34,36-37H,2,8,35,70H2. The highest BCUT2D eigenvalue weighted by atomic mass is 19.4. The largest absolute Gasteiger partial charge is 0.418 e. The van der Waals surface area contributed by atoms with E-state index in [4.69, 9.17) is 10.7 Å². The Morgan fingerprint density at radius 2 is 1.08 bits per heavy atom. The van der Waals surface area contributed by atoms with Gasteiger partial charge in [-0.05, 0) is 84.5 Å². The van der Waals surface area contributed by atoms with Gasteiger partial charge in [-0.1, -0.05) is 157 Å². The molecule has 0 radical (unpaired) electrons. The minimum Gasteiger partial charge on any atom is -0.397 e. The lowest BCUT2D eigenvalue weighted by atomic mass is 9.91. The highest BCUT2D eigenvalue weighted by Crippen LogP contribution is 2.45. The van der Waals surface area contributed by atoms with Gasteiger partial charge < -0.3 is 10.3 Å². The molecule has 3 heterocycles. The molecule has 0 aliphatic heterocycles. The molecule has 7 aromatic carbocycles. The summed E-state index contributed by atoms with van der Waals surface area (Å²) >= 11 is 0. The molecule has 0 saturated heterocycles. The molecule has 0 spiro atoms. The Kier molecular flexibility index (Phi) is 12.2. The number of benzene rings is 7. The number of allylic oxidation sites excluding steroid dienone is 8. The minimum atomic E-state index is -4.89. The number of anilines is 1. The van der Waals surface area contributed by atoms with Gasteiger partial charge in [0.1, 0.15) is 0 Å². The van der Waals surface area contributed by atoms with Crippen molar-refractivity contribution in [1.29, 1.82) is 0 Å². The topological polar surface area (TPSA) is 108 Å². The number of fused-ring (bicyclic) bond motifs is 3. The van der Waals surface area contributed by atoms with E-state index in [9.17, 15) is 0 Å². The number of aromatic nitrogens is 7. The molecule has 14 heteroatoms. The van der Waals surface area contributed by atoms with E-state index in [0.29, 0.717) is 61.3 Å². The number of hydrogen-bond donors (Lipinski definition) is 1. The molecule has 0 bridgehead atoms. The zero-order valence-electron chi connectivity index (χ0n) is 40.6. The number of halogens is 6. The van der Waals surface area contributed by atoms with E-state index in [1.165, 1.54) is 22.8 Å². The Morgan fingerprint density at radius 3 is 1.71 bits per heavy atom. The van der Waals surface area contributed by atoms with Crippen LogP contribution in [-0.4, -0.2) is 34.5 Å². The molecule has 0 atom stereocenters. The first-order chi connectivity index (χ1) is 37.4. The van der Waals surface area contributed by atoms with Crippen LogP contribution in [0.5, 0.6) is 0 Å². The number of hydrogen-bond acceptors (Lipinski definition) is 7. The lowest BCUT2D eigenvalue weighted by Crippen LogP contribution is -2.12. The normalized spacial score (nSPS) is 13.4. The second-order valence-electron chi connectivity index (χ2n) is 18.4. The number of para-hydroxylation sites is 1. The molecule has 10 aromatic rings. The van der Waals surface area contributed by atoms with Crippen molar-refractivity contribution in [3.05, 3.63) is 240 Å². The molecule has 12 rings (SSSR count). The van der Waals surface area contributed by atoms with Gasteiger partial charge in [0.25, 0.3) is 0 Å². The monoisotopic (exact) mass is 1020 g/mol. The summed E-state index contributed by atoms with van der Waals surface area (Å²) in [6, 6.07) is 43.9. The summed E-state index contributed by atoms with van der Waals surface area (Å²) in [7, 11) is 0. The van der Waals surface area contributed by atoms with Crippen LogP contribution in [0.15, 0.2) is 206 Å². The number of nitrogens with two attached hydrogens (primary N) is 1. The van der Waals surface area contributed by atoms with E-state index in [0.717, 1.165) is 30.5 Å². The van der Waals surface area contributed by atoms with Crippen molar-refractivity contribution in [2.45, 2.75) is 31.6 Å². The van der Waals surface area contributed by atoms with Crippen molar-refractivity contribution in [3.63, 3.8) is 0 Å². The predicted molar refractivity (Wildman–Crippen MR) is 289 cm³/mol.